The topological polar surface area (TPSA) is 52.6 Å². The molecular weight excluding hydrogens is 592 g/mol. The van der Waals surface area contributed by atoms with Crippen LogP contribution in [0.3, 0.4) is 0 Å². The van der Waals surface area contributed by atoms with E-state index in [4.69, 9.17) is 9.47 Å². The standard InChI is InChI=1S/C44H34O4/c1-29(2)33-17-11-19-37-35(27-41(39(37)25-33)43(45)47-5)15-9-7-13-31-21-23-32(24-22-31)14-8-10-16-36-28-42(44(46)48-6)40-26-34(30(3)4)18-12-20-38(36)40/h11-12,17-30H,1-6H3. The van der Waals surface area contributed by atoms with Crippen LogP contribution in [-0.4, -0.2) is 26.2 Å². The van der Waals surface area contributed by atoms with E-state index in [-0.39, 0.29) is 0 Å². The summed E-state index contributed by atoms with van der Waals surface area (Å²) < 4.78 is 10.1. The molecule has 4 aliphatic rings. The zero-order valence-corrected chi connectivity index (χ0v) is 27.9. The third kappa shape index (κ3) is 7.43. The Kier molecular flexibility index (Phi) is 10.3. The van der Waals surface area contributed by atoms with Crippen LogP contribution < -0.4 is 0 Å². The Morgan fingerprint density at radius 3 is 1.23 bits per heavy atom. The molecule has 0 fully saturated rings. The summed E-state index contributed by atoms with van der Waals surface area (Å²) in [6.45, 7) is 8.46. The molecule has 4 nitrogen and oxygen atoms in total. The number of ether oxygens (including phenoxy) is 2. The predicted molar refractivity (Wildman–Crippen MR) is 191 cm³/mol. The molecule has 234 valence electrons. The number of methoxy groups -OCH3 is 2. The van der Waals surface area contributed by atoms with Crippen LogP contribution in [0.15, 0.2) is 84.9 Å². The smallest absolute Gasteiger partial charge is 0.338 e. The molecule has 4 heteroatoms. The molecule has 0 spiro atoms. The van der Waals surface area contributed by atoms with Crippen molar-refractivity contribution in [2.45, 2.75) is 39.5 Å². The molecule has 1 aromatic carbocycles. The molecule has 0 aromatic heterocycles. The van der Waals surface area contributed by atoms with Crippen LogP contribution in [0, 0.1) is 47.4 Å². The quantitative estimate of drug-likeness (QED) is 0.148. The van der Waals surface area contributed by atoms with E-state index in [0.717, 1.165) is 55.6 Å². The van der Waals surface area contributed by atoms with Crippen molar-refractivity contribution in [3.05, 3.63) is 129 Å². The van der Waals surface area contributed by atoms with Gasteiger partial charge in [-0.25, -0.2) is 9.59 Å². The zero-order chi connectivity index (χ0) is 34.2. The predicted octanol–water partition coefficient (Wildman–Crippen LogP) is 8.52. The highest BCUT2D eigenvalue weighted by atomic mass is 16.5. The van der Waals surface area contributed by atoms with Gasteiger partial charge < -0.3 is 9.47 Å². The van der Waals surface area contributed by atoms with Crippen molar-refractivity contribution in [1.29, 1.82) is 0 Å². The highest BCUT2D eigenvalue weighted by molar-refractivity contribution is 6.02. The molecule has 0 heterocycles. The van der Waals surface area contributed by atoms with E-state index in [2.05, 4.69) is 87.2 Å². The lowest BCUT2D eigenvalue weighted by Crippen LogP contribution is -2.00. The minimum absolute atomic E-state index is 0.308. The molecule has 0 radical (unpaired) electrons. The summed E-state index contributed by atoms with van der Waals surface area (Å²) in [5, 5.41) is 0. The summed E-state index contributed by atoms with van der Waals surface area (Å²) in [7, 11) is 2.76. The van der Waals surface area contributed by atoms with Gasteiger partial charge in [0.15, 0.2) is 0 Å². The van der Waals surface area contributed by atoms with Gasteiger partial charge in [0.05, 0.1) is 25.3 Å². The average Bonchev–Trinajstić information content (AvgIpc) is 3.37. The van der Waals surface area contributed by atoms with Crippen molar-refractivity contribution in [1.82, 2.24) is 0 Å². The van der Waals surface area contributed by atoms with Crippen molar-refractivity contribution in [2.75, 3.05) is 14.2 Å². The largest absolute Gasteiger partial charge is 0.465 e. The molecule has 0 aliphatic heterocycles. The number of benzene rings is 1. The molecule has 0 N–H and O–H groups in total. The van der Waals surface area contributed by atoms with Gasteiger partial charge in [-0.2, -0.15) is 0 Å². The zero-order valence-electron chi connectivity index (χ0n) is 27.9. The third-order valence-corrected chi connectivity index (χ3v) is 8.01. The second-order valence-electron chi connectivity index (χ2n) is 11.8. The number of carbonyl (C=O) groups is 2. The first-order chi connectivity index (χ1) is 23.2. The lowest BCUT2D eigenvalue weighted by molar-refractivity contribution is 0.0593. The van der Waals surface area contributed by atoms with E-state index in [1.165, 1.54) is 14.2 Å². The van der Waals surface area contributed by atoms with E-state index in [0.29, 0.717) is 23.0 Å². The lowest BCUT2D eigenvalue weighted by Gasteiger charge is -2.04. The summed E-state index contributed by atoms with van der Waals surface area (Å²) in [6, 6.07) is 27.2. The second-order valence-corrected chi connectivity index (χ2v) is 11.8. The lowest BCUT2D eigenvalue weighted by atomic mass is 10.0. The Morgan fingerprint density at radius 1 is 0.500 bits per heavy atom. The van der Waals surface area contributed by atoms with Crippen LogP contribution in [0.25, 0.3) is 22.3 Å². The van der Waals surface area contributed by atoms with Crippen LogP contribution in [-0.2, 0) is 9.47 Å². The number of fused-ring (bicyclic) bond motifs is 2. The summed E-state index contributed by atoms with van der Waals surface area (Å²) in [4.78, 5) is 25.0. The average molecular weight is 627 g/mol. The van der Waals surface area contributed by atoms with Crippen LogP contribution in [0.5, 0.6) is 0 Å². The molecular formula is C44H34O4. The van der Waals surface area contributed by atoms with E-state index < -0.39 is 11.9 Å². The summed E-state index contributed by atoms with van der Waals surface area (Å²) in [5.41, 5.74) is 9.67. The summed E-state index contributed by atoms with van der Waals surface area (Å²) in [6.07, 6.45) is 0. The van der Waals surface area contributed by atoms with Crippen LogP contribution >= 0.6 is 0 Å². The van der Waals surface area contributed by atoms with Crippen LogP contribution in [0.2, 0.25) is 0 Å². The number of hydrogen-bond donors (Lipinski definition) is 0. The molecule has 1 aromatic rings. The number of carbonyl (C=O) groups excluding carboxylic acids is 2. The Labute approximate surface area is 283 Å². The normalized spacial score (nSPS) is 10.2. The highest BCUT2D eigenvalue weighted by Crippen LogP contribution is 2.35. The van der Waals surface area contributed by atoms with Gasteiger partial charge in [-0.15, -0.1) is 0 Å². The summed E-state index contributed by atoms with van der Waals surface area (Å²) >= 11 is 0. The third-order valence-electron chi connectivity index (χ3n) is 8.01. The minimum atomic E-state index is -0.393. The Bertz CT molecular complexity index is 2050. The molecule has 0 saturated heterocycles. The molecule has 0 saturated carbocycles. The van der Waals surface area contributed by atoms with Crippen molar-refractivity contribution in [2.24, 2.45) is 0 Å². The van der Waals surface area contributed by atoms with Crippen LogP contribution in [0.4, 0.5) is 0 Å². The molecule has 0 atom stereocenters. The monoisotopic (exact) mass is 626 g/mol. The fourth-order valence-electron chi connectivity index (χ4n) is 5.31. The fourth-order valence-corrected chi connectivity index (χ4v) is 5.31. The number of hydrogen-bond acceptors (Lipinski definition) is 4. The fraction of sp³-hybridized carbons (Fsp3) is 0.182. The maximum absolute atomic E-state index is 12.5. The van der Waals surface area contributed by atoms with Gasteiger partial charge in [-0.1, -0.05) is 87.8 Å². The van der Waals surface area contributed by atoms with E-state index >= 15 is 0 Å². The first kappa shape index (κ1) is 33.2. The van der Waals surface area contributed by atoms with Gasteiger partial charge in [0.25, 0.3) is 0 Å². The van der Waals surface area contributed by atoms with E-state index in [1.807, 2.05) is 60.7 Å². The maximum Gasteiger partial charge on any atom is 0.338 e. The second kappa shape index (κ2) is 14.9. The van der Waals surface area contributed by atoms with Gasteiger partial charge >= 0.3 is 11.9 Å². The minimum Gasteiger partial charge on any atom is -0.465 e. The molecule has 4 aliphatic carbocycles. The van der Waals surface area contributed by atoms with E-state index in [1.54, 1.807) is 12.1 Å². The first-order valence-corrected chi connectivity index (χ1v) is 15.6. The van der Waals surface area contributed by atoms with Crippen molar-refractivity contribution < 1.29 is 19.1 Å². The van der Waals surface area contributed by atoms with Gasteiger partial charge in [0.1, 0.15) is 0 Å². The van der Waals surface area contributed by atoms with Gasteiger partial charge in [0.2, 0.25) is 0 Å². The van der Waals surface area contributed by atoms with E-state index in [9.17, 15) is 9.59 Å². The molecule has 0 bridgehead atoms. The van der Waals surface area contributed by atoms with Gasteiger partial charge in [-0.3, -0.25) is 0 Å². The molecule has 5 rings (SSSR count). The number of rotatable bonds is 4. The van der Waals surface area contributed by atoms with Crippen LogP contribution in [0.1, 0.15) is 93.6 Å². The molecule has 48 heavy (non-hydrogen) atoms. The molecule has 0 unspecified atom stereocenters. The van der Waals surface area contributed by atoms with Crippen molar-refractivity contribution in [3.8, 4) is 69.6 Å². The SMILES string of the molecule is COC(=O)c1cc(C#CC#Cc2ccc(C#CC#Cc3cc(C(=O)OC)c4cc(C(C)C)cccc3-4)cc2)c2cccc(C(C)C)cc1-2. The highest BCUT2D eigenvalue weighted by Gasteiger charge is 2.22. The first-order valence-electron chi connectivity index (χ1n) is 15.6. The maximum atomic E-state index is 12.5. The van der Waals surface area contributed by atoms with Gasteiger partial charge in [0, 0.05) is 22.3 Å². The van der Waals surface area contributed by atoms with Gasteiger partial charge in [-0.05, 0) is 117 Å². The molecule has 0 amide bonds. The van der Waals surface area contributed by atoms with Crippen molar-refractivity contribution >= 4 is 11.9 Å². The Morgan fingerprint density at radius 2 is 0.875 bits per heavy atom. The summed E-state index contributed by atoms with van der Waals surface area (Å²) in [5.74, 6) is 23.9. The van der Waals surface area contributed by atoms with Crippen molar-refractivity contribution in [3.63, 3.8) is 0 Å². The Hall–Kier alpha value is -6.20. The Balaban J connectivity index is 1.33. The number of esters is 2.